The monoisotopic (exact) mass is 410 g/mol. The van der Waals surface area contributed by atoms with E-state index in [1.165, 1.54) is 0 Å². The number of hydrogen-bond donors (Lipinski definition) is 1. The van der Waals surface area contributed by atoms with Gasteiger partial charge in [0.25, 0.3) is 5.91 Å². The van der Waals surface area contributed by atoms with E-state index in [0.717, 1.165) is 24.2 Å². The van der Waals surface area contributed by atoms with Crippen LogP contribution in [0.3, 0.4) is 0 Å². The van der Waals surface area contributed by atoms with Gasteiger partial charge >= 0.3 is 6.09 Å². The molecule has 30 heavy (non-hydrogen) atoms. The van der Waals surface area contributed by atoms with Crippen LogP contribution in [0.2, 0.25) is 0 Å². The summed E-state index contributed by atoms with van der Waals surface area (Å²) in [6, 6.07) is 14.8. The van der Waals surface area contributed by atoms with Crippen LogP contribution in [0.5, 0.6) is 5.75 Å². The molecule has 1 fully saturated rings. The molecule has 0 saturated carbocycles. The highest BCUT2D eigenvalue weighted by molar-refractivity contribution is 6.04. The van der Waals surface area contributed by atoms with Crippen molar-refractivity contribution in [3.8, 4) is 5.75 Å². The molecule has 2 amide bonds. The molecule has 6 heteroatoms. The lowest BCUT2D eigenvalue weighted by molar-refractivity contribution is 0.0126. The molecular weight excluding hydrogens is 380 g/mol. The summed E-state index contributed by atoms with van der Waals surface area (Å²) in [4.78, 5) is 26.3. The SMILES string of the molecule is Cc1ccc(NC(=O)c2ccccc2)cc1OC1CCN(C(=O)OC(C)(C)C)CC1. The van der Waals surface area contributed by atoms with Crippen LogP contribution < -0.4 is 10.1 Å². The van der Waals surface area contributed by atoms with Crippen molar-refractivity contribution < 1.29 is 19.1 Å². The van der Waals surface area contributed by atoms with Crippen molar-refractivity contribution in [2.45, 2.75) is 52.2 Å². The molecule has 0 aliphatic carbocycles. The van der Waals surface area contributed by atoms with Crippen LogP contribution in [0.4, 0.5) is 10.5 Å². The van der Waals surface area contributed by atoms with Crippen molar-refractivity contribution >= 4 is 17.7 Å². The summed E-state index contributed by atoms with van der Waals surface area (Å²) in [6.45, 7) is 8.79. The standard InChI is InChI=1S/C24H30N2O4/c1-17-10-11-19(25-22(27)18-8-6-5-7-9-18)16-21(17)29-20-12-14-26(15-13-20)23(28)30-24(2,3)4/h5-11,16,20H,12-15H2,1-4H3,(H,25,27). The molecule has 1 N–H and O–H groups in total. The Labute approximate surface area is 178 Å². The molecule has 1 saturated heterocycles. The Bertz CT molecular complexity index is 882. The number of ether oxygens (including phenoxy) is 2. The van der Waals surface area contributed by atoms with E-state index in [1.54, 1.807) is 17.0 Å². The molecule has 0 aromatic heterocycles. The number of hydrogen-bond acceptors (Lipinski definition) is 4. The maximum Gasteiger partial charge on any atom is 0.410 e. The second kappa shape index (κ2) is 9.20. The molecule has 1 aliphatic rings. The summed E-state index contributed by atoms with van der Waals surface area (Å²) < 4.78 is 11.7. The summed E-state index contributed by atoms with van der Waals surface area (Å²) in [7, 11) is 0. The molecule has 1 heterocycles. The third-order valence-corrected chi connectivity index (χ3v) is 4.87. The zero-order valence-electron chi connectivity index (χ0n) is 18.1. The Hall–Kier alpha value is -3.02. The van der Waals surface area contributed by atoms with Gasteiger partial charge < -0.3 is 19.7 Å². The Balaban J connectivity index is 1.58. The van der Waals surface area contributed by atoms with Gasteiger partial charge in [-0.1, -0.05) is 24.3 Å². The molecule has 160 valence electrons. The van der Waals surface area contributed by atoms with Gasteiger partial charge in [0.15, 0.2) is 0 Å². The molecule has 0 unspecified atom stereocenters. The van der Waals surface area contributed by atoms with Crippen molar-refractivity contribution in [3.05, 3.63) is 59.7 Å². The molecular formula is C24H30N2O4. The fraction of sp³-hybridized carbons (Fsp3) is 0.417. The number of rotatable bonds is 4. The predicted molar refractivity (Wildman–Crippen MR) is 117 cm³/mol. The molecule has 0 radical (unpaired) electrons. The first-order valence-electron chi connectivity index (χ1n) is 10.3. The number of benzene rings is 2. The minimum atomic E-state index is -0.494. The lowest BCUT2D eigenvalue weighted by Crippen LogP contribution is -2.44. The third kappa shape index (κ3) is 5.99. The Kier molecular flexibility index (Phi) is 6.65. The van der Waals surface area contributed by atoms with E-state index in [2.05, 4.69) is 5.32 Å². The quantitative estimate of drug-likeness (QED) is 0.768. The topological polar surface area (TPSA) is 67.9 Å². The van der Waals surface area contributed by atoms with Gasteiger partial charge in [0.1, 0.15) is 17.5 Å². The average molecular weight is 411 g/mol. The molecule has 0 bridgehead atoms. The largest absolute Gasteiger partial charge is 0.490 e. The number of carbonyl (C=O) groups is 2. The summed E-state index contributed by atoms with van der Waals surface area (Å²) in [6.07, 6.45) is 1.21. The number of amides is 2. The van der Waals surface area contributed by atoms with Crippen LogP contribution in [-0.4, -0.2) is 41.7 Å². The molecule has 6 nitrogen and oxygen atoms in total. The number of likely N-dealkylation sites (tertiary alicyclic amines) is 1. The number of piperidine rings is 1. The summed E-state index contributed by atoms with van der Waals surface area (Å²) in [5, 5.41) is 2.92. The van der Waals surface area contributed by atoms with E-state index in [1.807, 2.05) is 64.1 Å². The summed E-state index contributed by atoms with van der Waals surface area (Å²) >= 11 is 0. The minimum Gasteiger partial charge on any atom is -0.490 e. The minimum absolute atomic E-state index is 0.0162. The van der Waals surface area contributed by atoms with Gasteiger partial charge in [0.2, 0.25) is 0 Å². The smallest absolute Gasteiger partial charge is 0.410 e. The fourth-order valence-electron chi connectivity index (χ4n) is 3.26. The van der Waals surface area contributed by atoms with Crippen LogP contribution in [0.15, 0.2) is 48.5 Å². The van der Waals surface area contributed by atoms with Crippen molar-refractivity contribution in [2.75, 3.05) is 18.4 Å². The Morgan fingerprint density at radius 3 is 2.33 bits per heavy atom. The first kappa shape index (κ1) is 21.7. The van der Waals surface area contributed by atoms with Crippen LogP contribution in [0, 0.1) is 6.92 Å². The molecule has 0 atom stereocenters. The van der Waals surface area contributed by atoms with E-state index in [0.29, 0.717) is 24.3 Å². The zero-order chi connectivity index (χ0) is 21.7. The number of aryl methyl sites for hydroxylation is 1. The van der Waals surface area contributed by atoms with Crippen molar-refractivity contribution in [2.24, 2.45) is 0 Å². The van der Waals surface area contributed by atoms with Gasteiger partial charge in [-0.05, 0) is 51.5 Å². The number of carbonyl (C=O) groups excluding carboxylic acids is 2. The lowest BCUT2D eigenvalue weighted by atomic mass is 10.1. The van der Waals surface area contributed by atoms with Gasteiger partial charge in [0, 0.05) is 43.2 Å². The molecule has 0 spiro atoms. The van der Waals surface area contributed by atoms with Crippen LogP contribution in [-0.2, 0) is 4.74 Å². The first-order chi connectivity index (χ1) is 14.2. The fourth-order valence-corrected chi connectivity index (χ4v) is 3.26. The van der Waals surface area contributed by atoms with Crippen LogP contribution >= 0.6 is 0 Å². The second-order valence-electron chi connectivity index (χ2n) is 8.59. The van der Waals surface area contributed by atoms with Crippen LogP contribution in [0.1, 0.15) is 49.5 Å². The van der Waals surface area contributed by atoms with Crippen molar-refractivity contribution in [1.29, 1.82) is 0 Å². The van der Waals surface area contributed by atoms with Gasteiger partial charge in [-0.3, -0.25) is 4.79 Å². The third-order valence-electron chi connectivity index (χ3n) is 4.87. The Morgan fingerprint density at radius 1 is 1.03 bits per heavy atom. The zero-order valence-corrected chi connectivity index (χ0v) is 18.1. The van der Waals surface area contributed by atoms with Gasteiger partial charge in [-0.25, -0.2) is 4.79 Å². The van der Waals surface area contributed by atoms with E-state index in [-0.39, 0.29) is 18.1 Å². The lowest BCUT2D eigenvalue weighted by Gasteiger charge is -2.33. The van der Waals surface area contributed by atoms with Crippen LogP contribution in [0.25, 0.3) is 0 Å². The predicted octanol–water partition coefficient (Wildman–Crippen LogP) is 5.03. The molecule has 2 aromatic carbocycles. The normalized spacial score (nSPS) is 14.9. The van der Waals surface area contributed by atoms with Gasteiger partial charge in [0.05, 0.1) is 0 Å². The van der Waals surface area contributed by atoms with E-state index in [4.69, 9.17) is 9.47 Å². The maximum absolute atomic E-state index is 12.4. The second-order valence-corrected chi connectivity index (χ2v) is 8.59. The number of nitrogens with one attached hydrogen (secondary N) is 1. The number of nitrogens with zero attached hydrogens (tertiary/aromatic N) is 1. The van der Waals surface area contributed by atoms with E-state index in [9.17, 15) is 9.59 Å². The first-order valence-corrected chi connectivity index (χ1v) is 10.3. The van der Waals surface area contributed by atoms with Crippen molar-refractivity contribution in [1.82, 2.24) is 4.90 Å². The van der Waals surface area contributed by atoms with Crippen molar-refractivity contribution in [3.63, 3.8) is 0 Å². The maximum atomic E-state index is 12.4. The highest BCUT2D eigenvalue weighted by Crippen LogP contribution is 2.27. The Morgan fingerprint density at radius 2 is 1.70 bits per heavy atom. The van der Waals surface area contributed by atoms with E-state index < -0.39 is 5.60 Å². The van der Waals surface area contributed by atoms with Gasteiger partial charge in [-0.2, -0.15) is 0 Å². The molecule has 3 rings (SSSR count). The summed E-state index contributed by atoms with van der Waals surface area (Å²) in [5.41, 5.74) is 1.81. The summed E-state index contributed by atoms with van der Waals surface area (Å²) in [5.74, 6) is 0.590. The van der Waals surface area contributed by atoms with E-state index >= 15 is 0 Å². The molecule has 2 aromatic rings. The highest BCUT2D eigenvalue weighted by atomic mass is 16.6. The molecule has 1 aliphatic heterocycles. The number of anilines is 1. The average Bonchev–Trinajstić information content (AvgIpc) is 2.70. The van der Waals surface area contributed by atoms with Gasteiger partial charge in [-0.15, -0.1) is 0 Å². The highest BCUT2D eigenvalue weighted by Gasteiger charge is 2.27.